The maximum Gasteiger partial charge on any atom is 0.338 e. The molecule has 0 bridgehead atoms. The highest BCUT2D eigenvalue weighted by Crippen LogP contribution is 2.40. The van der Waals surface area contributed by atoms with Crippen molar-refractivity contribution in [2.45, 2.75) is 26.8 Å². The van der Waals surface area contributed by atoms with Crippen LogP contribution in [0.5, 0.6) is 5.75 Å². The summed E-state index contributed by atoms with van der Waals surface area (Å²) in [5, 5.41) is 14.8. The van der Waals surface area contributed by atoms with Gasteiger partial charge in [-0.3, -0.25) is 0 Å². The van der Waals surface area contributed by atoms with E-state index in [-0.39, 0.29) is 6.61 Å². The molecule has 1 aromatic carbocycles. The van der Waals surface area contributed by atoms with E-state index in [1.54, 1.807) is 18.5 Å². The Morgan fingerprint density at radius 1 is 1.36 bits per heavy atom. The van der Waals surface area contributed by atoms with Gasteiger partial charge in [0.2, 0.25) is 5.95 Å². The van der Waals surface area contributed by atoms with Gasteiger partial charge < -0.3 is 14.8 Å². The van der Waals surface area contributed by atoms with Crippen LogP contribution < -0.4 is 10.1 Å². The van der Waals surface area contributed by atoms with Gasteiger partial charge in [0.1, 0.15) is 11.8 Å². The molecule has 0 saturated carbocycles. The van der Waals surface area contributed by atoms with Crippen LogP contribution in [-0.2, 0) is 9.53 Å². The second kappa shape index (κ2) is 7.22. The number of carbonyl (C=O) groups is 1. The molecule has 0 unspecified atom stereocenters. The average Bonchev–Trinajstić information content (AvgIpc) is 3.03. The van der Waals surface area contributed by atoms with Crippen molar-refractivity contribution in [1.29, 1.82) is 0 Å². The summed E-state index contributed by atoms with van der Waals surface area (Å²) in [6, 6.07) is 5.09. The molecule has 9 heteroatoms. The molecule has 1 atom stereocenters. The Balaban J connectivity index is 2.20. The van der Waals surface area contributed by atoms with E-state index in [9.17, 15) is 4.79 Å². The minimum absolute atomic E-state index is 0.279. The van der Waals surface area contributed by atoms with E-state index in [1.807, 2.05) is 25.1 Å². The summed E-state index contributed by atoms with van der Waals surface area (Å²) in [5.41, 5.74) is 1.86. The molecule has 0 fully saturated rings. The van der Waals surface area contributed by atoms with Crippen molar-refractivity contribution in [2.24, 2.45) is 0 Å². The number of halogens is 1. The Bertz CT molecular complexity index is 833. The first-order valence-corrected chi connectivity index (χ1v) is 8.71. The first-order valence-electron chi connectivity index (χ1n) is 7.91. The maximum absolute atomic E-state index is 12.6. The molecule has 3 rings (SSSR count). The fraction of sp³-hybridized carbons (Fsp3) is 0.375. The Kier molecular flexibility index (Phi) is 5.03. The molecule has 25 heavy (non-hydrogen) atoms. The van der Waals surface area contributed by atoms with E-state index in [4.69, 9.17) is 9.47 Å². The summed E-state index contributed by atoms with van der Waals surface area (Å²) in [5.74, 6) is 0.702. The number of nitrogens with zero attached hydrogens (tertiary/aromatic N) is 4. The molecular formula is C16H18BrN5O3. The molecule has 1 aliphatic rings. The van der Waals surface area contributed by atoms with Crippen LogP contribution in [-0.4, -0.2) is 39.4 Å². The number of rotatable bonds is 5. The van der Waals surface area contributed by atoms with Crippen molar-refractivity contribution in [3.8, 4) is 5.75 Å². The number of hydrogen-bond acceptors (Lipinski definition) is 7. The van der Waals surface area contributed by atoms with Crippen LogP contribution in [0, 0.1) is 0 Å². The van der Waals surface area contributed by atoms with Crippen molar-refractivity contribution < 1.29 is 14.3 Å². The van der Waals surface area contributed by atoms with Gasteiger partial charge in [0.15, 0.2) is 0 Å². The number of benzene rings is 1. The van der Waals surface area contributed by atoms with E-state index in [2.05, 4.69) is 36.8 Å². The van der Waals surface area contributed by atoms with Gasteiger partial charge in [0.05, 0.1) is 18.8 Å². The minimum atomic E-state index is -0.552. The Morgan fingerprint density at radius 2 is 2.16 bits per heavy atom. The van der Waals surface area contributed by atoms with E-state index in [0.717, 1.165) is 10.0 Å². The molecule has 0 aliphatic carbocycles. The predicted molar refractivity (Wildman–Crippen MR) is 94.2 cm³/mol. The molecule has 1 aliphatic heterocycles. The van der Waals surface area contributed by atoms with Gasteiger partial charge >= 0.3 is 5.97 Å². The fourth-order valence-corrected chi connectivity index (χ4v) is 3.17. The Hall–Kier alpha value is -2.42. The minimum Gasteiger partial charge on any atom is -0.494 e. The second-order valence-corrected chi connectivity index (χ2v) is 6.26. The molecule has 0 radical (unpaired) electrons. The van der Waals surface area contributed by atoms with Crippen molar-refractivity contribution in [3.63, 3.8) is 0 Å². The fourth-order valence-electron chi connectivity index (χ4n) is 2.79. The number of allylic oxidation sites excluding steroid dienone is 1. The first kappa shape index (κ1) is 17.4. The average molecular weight is 408 g/mol. The number of aromatic nitrogens is 4. The molecule has 0 spiro atoms. The molecule has 1 N–H and O–H groups in total. The molecule has 132 valence electrons. The van der Waals surface area contributed by atoms with Gasteiger partial charge in [-0.1, -0.05) is 21.0 Å². The van der Waals surface area contributed by atoms with Crippen LogP contribution in [0.3, 0.4) is 0 Å². The van der Waals surface area contributed by atoms with Gasteiger partial charge in [0, 0.05) is 15.7 Å². The maximum atomic E-state index is 12.6. The van der Waals surface area contributed by atoms with Crippen LogP contribution in [0.4, 0.5) is 5.95 Å². The highest BCUT2D eigenvalue weighted by Gasteiger charge is 2.36. The van der Waals surface area contributed by atoms with E-state index >= 15 is 0 Å². The zero-order chi connectivity index (χ0) is 18.0. The number of tetrazole rings is 1. The Labute approximate surface area is 153 Å². The van der Waals surface area contributed by atoms with Gasteiger partial charge in [-0.25, -0.2) is 4.79 Å². The standard InChI is InChI=1S/C16H18BrN5O3/c1-4-24-12-7-6-10(17)8-11(12)14-13(15(23)25-5-2)9(3)18-16-19-20-21-22(14)16/h6-8,14H,4-5H2,1-3H3,(H,18,19,21)/t14-/m0/s1. The quantitative estimate of drug-likeness (QED) is 0.761. The molecule has 2 aromatic rings. The third-order valence-corrected chi connectivity index (χ3v) is 4.27. The highest BCUT2D eigenvalue weighted by atomic mass is 79.9. The van der Waals surface area contributed by atoms with Crippen LogP contribution >= 0.6 is 15.9 Å². The van der Waals surface area contributed by atoms with Gasteiger partial charge in [0.25, 0.3) is 0 Å². The number of nitrogens with one attached hydrogen (secondary N) is 1. The number of hydrogen-bond donors (Lipinski definition) is 1. The lowest BCUT2D eigenvalue weighted by Crippen LogP contribution is -2.30. The summed E-state index contributed by atoms with van der Waals surface area (Å²) in [6.07, 6.45) is 0. The van der Waals surface area contributed by atoms with Gasteiger partial charge in [-0.15, -0.1) is 0 Å². The smallest absolute Gasteiger partial charge is 0.338 e. The topological polar surface area (TPSA) is 91.2 Å². The summed E-state index contributed by atoms with van der Waals surface area (Å²) in [7, 11) is 0. The molecular weight excluding hydrogens is 390 g/mol. The third kappa shape index (κ3) is 3.23. The number of ether oxygens (including phenoxy) is 2. The monoisotopic (exact) mass is 407 g/mol. The molecule has 2 heterocycles. The Morgan fingerprint density at radius 3 is 2.88 bits per heavy atom. The summed E-state index contributed by atoms with van der Waals surface area (Å²) in [4.78, 5) is 12.6. The number of carbonyl (C=O) groups excluding carboxylic acids is 1. The molecule has 0 saturated heterocycles. The summed E-state index contributed by atoms with van der Waals surface area (Å²) < 4.78 is 13.4. The third-order valence-electron chi connectivity index (χ3n) is 3.78. The largest absolute Gasteiger partial charge is 0.494 e. The first-order chi connectivity index (χ1) is 12.1. The van der Waals surface area contributed by atoms with E-state index in [1.165, 1.54) is 0 Å². The lowest BCUT2D eigenvalue weighted by atomic mass is 9.95. The van der Waals surface area contributed by atoms with Crippen molar-refractivity contribution in [1.82, 2.24) is 20.2 Å². The van der Waals surface area contributed by atoms with E-state index < -0.39 is 12.0 Å². The molecule has 8 nitrogen and oxygen atoms in total. The summed E-state index contributed by atoms with van der Waals surface area (Å²) in [6.45, 7) is 6.26. The molecule has 0 amide bonds. The summed E-state index contributed by atoms with van der Waals surface area (Å²) >= 11 is 3.48. The van der Waals surface area contributed by atoms with Crippen molar-refractivity contribution >= 4 is 27.8 Å². The van der Waals surface area contributed by atoms with Crippen LogP contribution in [0.15, 0.2) is 33.9 Å². The lowest BCUT2D eigenvalue weighted by molar-refractivity contribution is -0.139. The van der Waals surface area contributed by atoms with Crippen LogP contribution in [0.2, 0.25) is 0 Å². The van der Waals surface area contributed by atoms with Crippen LogP contribution in [0.1, 0.15) is 32.4 Å². The van der Waals surface area contributed by atoms with Gasteiger partial charge in [-0.05, 0) is 49.4 Å². The predicted octanol–water partition coefficient (Wildman–Crippen LogP) is 2.69. The zero-order valence-electron chi connectivity index (χ0n) is 14.1. The zero-order valence-corrected chi connectivity index (χ0v) is 15.7. The van der Waals surface area contributed by atoms with E-state index in [0.29, 0.717) is 29.6 Å². The number of fused-ring (bicyclic) bond motifs is 1. The highest BCUT2D eigenvalue weighted by molar-refractivity contribution is 9.10. The number of anilines is 1. The lowest BCUT2D eigenvalue weighted by Gasteiger charge is -2.28. The SMILES string of the molecule is CCOC(=O)C1=C(C)Nc2nnnn2[C@H]1c1cc(Br)ccc1OCC. The normalized spacial score (nSPS) is 16.2. The second-order valence-electron chi connectivity index (χ2n) is 5.35. The molecule has 1 aromatic heterocycles. The van der Waals surface area contributed by atoms with Gasteiger partial charge in [-0.2, -0.15) is 4.68 Å². The van der Waals surface area contributed by atoms with Crippen LogP contribution in [0.25, 0.3) is 0 Å². The van der Waals surface area contributed by atoms with Crippen molar-refractivity contribution in [2.75, 3.05) is 18.5 Å². The number of esters is 1. The van der Waals surface area contributed by atoms with Crippen molar-refractivity contribution in [3.05, 3.63) is 39.5 Å².